The Morgan fingerprint density at radius 1 is 1.24 bits per heavy atom. The summed E-state index contributed by atoms with van der Waals surface area (Å²) in [6, 6.07) is 9.26. The number of hydrogen-bond acceptors (Lipinski definition) is 6. The zero-order chi connectivity index (χ0) is 22.2. The van der Waals surface area contributed by atoms with Gasteiger partial charge >= 0.3 is 5.97 Å². The van der Waals surface area contributed by atoms with E-state index >= 15 is 0 Å². The van der Waals surface area contributed by atoms with Crippen LogP contribution in [0.5, 0.6) is 5.88 Å². The van der Waals surface area contributed by atoms with Crippen molar-refractivity contribution in [1.82, 2.24) is 4.98 Å². The van der Waals surface area contributed by atoms with Crippen molar-refractivity contribution < 1.29 is 24.2 Å². The number of aryl methyl sites for hydroxylation is 1. The van der Waals surface area contributed by atoms with Crippen LogP contribution in [0.2, 0.25) is 0 Å². The van der Waals surface area contributed by atoms with Crippen molar-refractivity contribution in [2.45, 2.75) is 27.7 Å². The molecule has 0 amide bonds. The number of nitrogens with two attached hydrogens (primary N) is 1. The molecule has 0 aliphatic heterocycles. The van der Waals surface area contributed by atoms with Crippen LogP contribution in [0.3, 0.4) is 0 Å². The van der Waals surface area contributed by atoms with E-state index in [9.17, 15) is 4.79 Å². The molecule has 0 saturated carbocycles. The highest BCUT2D eigenvalue weighted by molar-refractivity contribution is 5.95. The van der Waals surface area contributed by atoms with Gasteiger partial charge in [0, 0.05) is 30.3 Å². The van der Waals surface area contributed by atoms with E-state index in [4.69, 9.17) is 30.5 Å². The molecular formula is C21H27N3O5. The number of aromatic nitrogens is 1. The number of hydrogen-bond donors (Lipinski definition) is 3. The molecule has 0 radical (unpaired) electrons. The van der Waals surface area contributed by atoms with Crippen molar-refractivity contribution in [3.63, 3.8) is 0 Å². The van der Waals surface area contributed by atoms with Gasteiger partial charge in [0.15, 0.2) is 0 Å². The molecule has 1 aromatic heterocycles. The van der Waals surface area contributed by atoms with E-state index in [0.29, 0.717) is 11.4 Å². The maximum Gasteiger partial charge on any atom is 0.314 e. The molecule has 29 heavy (non-hydrogen) atoms. The molecule has 0 fully saturated rings. The van der Waals surface area contributed by atoms with E-state index in [2.05, 4.69) is 4.98 Å². The van der Waals surface area contributed by atoms with Gasteiger partial charge < -0.3 is 20.3 Å². The summed E-state index contributed by atoms with van der Waals surface area (Å²) in [5.74, 6) is -0.664. The quantitative estimate of drug-likeness (QED) is 0.384. The highest BCUT2D eigenvalue weighted by Crippen LogP contribution is 2.26. The van der Waals surface area contributed by atoms with Gasteiger partial charge in [-0.15, -0.1) is 0 Å². The van der Waals surface area contributed by atoms with Crippen LogP contribution in [0.25, 0.3) is 11.1 Å². The molecule has 4 N–H and O–H groups in total. The Labute approximate surface area is 170 Å². The van der Waals surface area contributed by atoms with Crippen LogP contribution in [-0.4, -0.2) is 41.6 Å². The topological polar surface area (TPSA) is 136 Å². The number of carbonyl (C=O) groups is 2. The van der Waals surface area contributed by atoms with Crippen molar-refractivity contribution >= 4 is 17.8 Å². The van der Waals surface area contributed by atoms with E-state index in [0.717, 1.165) is 23.6 Å². The number of nitrogens with zero attached hydrogens (tertiary/aromatic N) is 1. The minimum Gasteiger partial charge on any atom is -0.481 e. The lowest BCUT2D eigenvalue weighted by Crippen LogP contribution is -2.32. The van der Waals surface area contributed by atoms with Crippen LogP contribution >= 0.6 is 0 Å². The summed E-state index contributed by atoms with van der Waals surface area (Å²) < 4.78 is 10.4. The highest BCUT2D eigenvalue weighted by atomic mass is 16.5. The smallest absolute Gasteiger partial charge is 0.314 e. The van der Waals surface area contributed by atoms with Crippen LogP contribution in [0.15, 0.2) is 36.5 Å². The number of esters is 1. The Balaban J connectivity index is 0.000000960. The maximum absolute atomic E-state index is 11.7. The number of aliphatic carboxylic acids is 1. The summed E-state index contributed by atoms with van der Waals surface area (Å²) in [6.07, 6.45) is 1.73. The predicted octanol–water partition coefficient (Wildman–Crippen LogP) is 3.01. The largest absolute Gasteiger partial charge is 0.481 e. The highest BCUT2D eigenvalue weighted by Gasteiger charge is 2.30. The fourth-order valence-electron chi connectivity index (χ4n) is 2.33. The number of benzene rings is 1. The minimum atomic E-state index is -0.833. The molecule has 0 aliphatic rings. The van der Waals surface area contributed by atoms with Gasteiger partial charge in [-0.25, -0.2) is 4.98 Å². The summed E-state index contributed by atoms with van der Waals surface area (Å²) in [6.45, 7) is 6.75. The summed E-state index contributed by atoms with van der Waals surface area (Å²) in [5, 5.41) is 14.9. The van der Waals surface area contributed by atoms with Crippen molar-refractivity contribution in [2.24, 2.45) is 11.1 Å². The third-order valence-corrected chi connectivity index (χ3v) is 3.91. The maximum atomic E-state index is 11.7. The monoisotopic (exact) mass is 401 g/mol. The number of carboxylic acids is 1. The molecule has 0 unspecified atom stereocenters. The van der Waals surface area contributed by atoms with Crippen molar-refractivity contribution in [2.75, 3.05) is 13.7 Å². The van der Waals surface area contributed by atoms with E-state index in [1.165, 1.54) is 7.11 Å². The molecule has 1 heterocycles. The van der Waals surface area contributed by atoms with Gasteiger partial charge in [0.2, 0.25) is 5.88 Å². The zero-order valence-electron chi connectivity index (χ0n) is 17.3. The molecule has 156 valence electrons. The van der Waals surface area contributed by atoms with Crippen LogP contribution in [0, 0.1) is 17.7 Å². The van der Waals surface area contributed by atoms with Gasteiger partial charge in [-0.1, -0.05) is 24.3 Å². The third-order valence-electron chi connectivity index (χ3n) is 3.91. The molecule has 0 aliphatic carbocycles. The fourth-order valence-corrected chi connectivity index (χ4v) is 2.33. The second kappa shape index (κ2) is 10.2. The lowest BCUT2D eigenvalue weighted by molar-refractivity contribution is -0.152. The second-order valence-electron chi connectivity index (χ2n) is 7.01. The van der Waals surface area contributed by atoms with E-state index in [1.807, 2.05) is 25.1 Å². The Morgan fingerprint density at radius 3 is 2.24 bits per heavy atom. The lowest BCUT2D eigenvalue weighted by Gasteiger charge is -2.21. The van der Waals surface area contributed by atoms with Crippen molar-refractivity contribution in [3.05, 3.63) is 47.7 Å². The van der Waals surface area contributed by atoms with E-state index in [-0.39, 0.29) is 18.4 Å². The summed E-state index contributed by atoms with van der Waals surface area (Å²) in [7, 11) is 1.36. The Morgan fingerprint density at radius 2 is 1.79 bits per heavy atom. The number of carbonyl (C=O) groups excluding carboxylic acids is 1. The van der Waals surface area contributed by atoms with Crippen LogP contribution in [-0.2, 0) is 14.3 Å². The number of ether oxygens (including phenoxy) is 2. The average molecular weight is 401 g/mol. The van der Waals surface area contributed by atoms with Gasteiger partial charge in [-0.2, -0.15) is 0 Å². The van der Waals surface area contributed by atoms with Gasteiger partial charge in [-0.05, 0) is 31.9 Å². The van der Waals surface area contributed by atoms with Gasteiger partial charge in [-0.3, -0.25) is 15.0 Å². The summed E-state index contributed by atoms with van der Waals surface area (Å²) >= 11 is 0. The van der Waals surface area contributed by atoms with Crippen LogP contribution in [0.4, 0.5) is 0 Å². The molecule has 1 aromatic carbocycles. The molecular weight excluding hydrogens is 374 g/mol. The number of nitrogens with one attached hydrogen (secondary N) is 1. The number of nitrogen functional groups attached to an aromatic ring is 1. The molecule has 0 saturated heterocycles. The molecule has 2 aromatic rings. The minimum absolute atomic E-state index is 0.0402. The predicted molar refractivity (Wildman–Crippen MR) is 110 cm³/mol. The molecule has 8 nitrogen and oxygen atoms in total. The standard InChI is InChI=1S/C19H23N3O3.C2H4O2/c1-12-9-16(25-11-19(2,3)18(23)24-4)22-10-15(12)13-5-7-14(8-6-13)17(20)21;1-2(3)4/h5-10H,11H2,1-4H3,(H3,20,21);1H3,(H,3,4). The number of amidine groups is 1. The number of pyridine rings is 1. The van der Waals surface area contributed by atoms with E-state index in [1.54, 1.807) is 32.2 Å². The average Bonchev–Trinajstić information content (AvgIpc) is 2.65. The summed E-state index contributed by atoms with van der Waals surface area (Å²) in [4.78, 5) is 25.0. The van der Waals surface area contributed by atoms with Gasteiger partial charge in [0.05, 0.1) is 12.5 Å². The molecule has 2 rings (SSSR count). The first-order valence-electron chi connectivity index (χ1n) is 8.80. The molecule has 0 spiro atoms. The lowest BCUT2D eigenvalue weighted by atomic mass is 9.95. The Kier molecular flexibility index (Phi) is 8.32. The first kappa shape index (κ1) is 23.6. The first-order chi connectivity index (χ1) is 13.5. The third kappa shape index (κ3) is 7.25. The number of methoxy groups -OCH3 is 1. The first-order valence-corrected chi connectivity index (χ1v) is 8.80. The van der Waals surface area contributed by atoms with Crippen LogP contribution < -0.4 is 10.5 Å². The normalized spacial score (nSPS) is 10.4. The molecule has 8 heteroatoms. The zero-order valence-corrected chi connectivity index (χ0v) is 17.3. The van der Waals surface area contributed by atoms with Crippen molar-refractivity contribution in [3.8, 4) is 17.0 Å². The van der Waals surface area contributed by atoms with E-state index < -0.39 is 11.4 Å². The SMILES string of the molecule is CC(=O)O.COC(=O)C(C)(C)COc1cc(C)c(-c2ccc(C(=N)N)cc2)cn1. The number of carboxylic acid groups (broad SMARTS) is 1. The molecule has 0 atom stereocenters. The summed E-state index contributed by atoms with van der Waals surface area (Å²) in [5.41, 5.74) is 8.36. The van der Waals surface area contributed by atoms with Gasteiger partial charge in [0.1, 0.15) is 12.4 Å². The van der Waals surface area contributed by atoms with Crippen LogP contribution in [0.1, 0.15) is 31.9 Å². The van der Waals surface area contributed by atoms with Crippen molar-refractivity contribution in [1.29, 1.82) is 5.41 Å². The van der Waals surface area contributed by atoms with Gasteiger partial charge in [0.25, 0.3) is 5.97 Å². The fraction of sp³-hybridized carbons (Fsp3) is 0.333. The Bertz CT molecular complexity index is 872. The Hall–Kier alpha value is -3.42. The molecule has 0 bridgehead atoms. The second-order valence-corrected chi connectivity index (χ2v) is 7.01. The number of rotatable bonds is 6.